The Morgan fingerprint density at radius 2 is 1.75 bits per heavy atom. The Morgan fingerprint density at radius 1 is 1.10 bits per heavy atom. The van der Waals surface area contributed by atoms with Gasteiger partial charge in [0.15, 0.2) is 0 Å². The zero-order chi connectivity index (χ0) is 14.4. The predicted octanol–water partition coefficient (Wildman–Crippen LogP) is 5.08. The summed E-state index contributed by atoms with van der Waals surface area (Å²) >= 11 is 5.97. The highest BCUT2D eigenvalue weighted by Gasteiger charge is 2.26. The molecule has 1 aliphatic carbocycles. The Labute approximate surface area is 129 Å². The molecule has 1 aromatic carbocycles. The van der Waals surface area contributed by atoms with Crippen LogP contribution in [0.3, 0.4) is 0 Å². The molecule has 2 heteroatoms. The molecule has 1 aliphatic rings. The van der Waals surface area contributed by atoms with Gasteiger partial charge in [0.1, 0.15) is 0 Å². The number of halogens is 1. The molecule has 0 radical (unpaired) electrons. The standard InChI is InChI=1S/C18H28ClN/c1-3-14-5-9-16(10-6-14)18(20-4-2)13-15-7-11-17(19)12-8-15/h7-8,11-12,14,16,18,20H,3-6,9-10,13H2,1-2H3. The molecule has 20 heavy (non-hydrogen) atoms. The van der Waals surface area contributed by atoms with Crippen LogP contribution in [0, 0.1) is 11.8 Å². The number of hydrogen-bond acceptors (Lipinski definition) is 1. The first-order valence-electron chi connectivity index (χ1n) is 8.20. The second-order valence-corrected chi connectivity index (χ2v) is 6.62. The van der Waals surface area contributed by atoms with Crippen molar-refractivity contribution in [1.82, 2.24) is 5.32 Å². The second kappa shape index (κ2) is 8.05. The zero-order valence-corrected chi connectivity index (χ0v) is 13.6. The molecular formula is C18H28ClN. The summed E-state index contributed by atoms with van der Waals surface area (Å²) < 4.78 is 0. The molecule has 1 nitrogen and oxygen atoms in total. The number of hydrogen-bond donors (Lipinski definition) is 1. The van der Waals surface area contributed by atoms with Crippen LogP contribution < -0.4 is 5.32 Å². The normalized spacial score (nSPS) is 24.6. The summed E-state index contributed by atoms with van der Waals surface area (Å²) in [5.41, 5.74) is 1.40. The Balaban J connectivity index is 1.94. The monoisotopic (exact) mass is 293 g/mol. The molecular weight excluding hydrogens is 266 g/mol. The van der Waals surface area contributed by atoms with E-state index in [1.54, 1.807) is 0 Å². The molecule has 1 N–H and O–H groups in total. The molecule has 0 aromatic heterocycles. The highest BCUT2D eigenvalue weighted by molar-refractivity contribution is 6.30. The SMILES string of the molecule is CCNC(Cc1ccc(Cl)cc1)C1CCC(CC)CC1. The van der Waals surface area contributed by atoms with Crippen LogP contribution in [0.5, 0.6) is 0 Å². The lowest BCUT2D eigenvalue weighted by atomic mass is 9.76. The summed E-state index contributed by atoms with van der Waals surface area (Å²) in [6.07, 6.45) is 8.11. The summed E-state index contributed by atoms with van der Waals surface area (Å²) in [6.45, 7) is 5.61. The quantitative estimate of drug-likeness (QED) is 0.771. The Bertz CT molecular complexity index is 379. The third-order valence-electron chi connectivity index (χ3n) is 4.87. The Hall–Kier alpha value is -0.530. The minimum absolute atomic E-state index is 0.624. The topological polar surface area (TPSA) is 12.0 Å². The maximum atomic E-state index is 5.97. The maximum Gasteiger partial charge on any atom is 0.0406 e. The van der Waals surface area contributed by atoms with Gasteiger partial charge in [0.25, 0.3) is 0 Å². The van der Waals surface area contributed by atoms with Gasteiger partial charge < -0.3 is 5.32 Å². The van der Waals surface area contributed by atoms with E-state index in [0.717, 1.165) is 29.8 Å². The van der Waals surface area contributed by atoms with E-state index in [4.69, 9.17) is 11.6 Å². The van der Waals surface area contributed by atoms with Gasteiger partial charge in [-0.15, -0.1) is 0 Å². The summed E-state index contributed by atoms with van der Waals surface area (Å²) in [7, 11) is 0. The van der Waals surface area contributed by atoms with E-state index in [1.165, 1.54) is 37.7 Å². The molecule has 2 rings (SSSR count). The van der Waals surface area contributed by atoms with Gasteiger partial charge in [-0.1, -0.05) is 56.8 Å². The minimum Gasteiger partial charge on any atom is -0.314 e. The van der Waals surface area contributed by atoms with Crippen LogP contribution in [0.15, 0.2) is 24.3 Å². The van der Waals surface area contributed by atoms with Crippen molar-refractivity contribution in [2.24, 2.45) is 11.8 Å². The molecule has 1 fully saturated rings. The molecule has 1 unspecified atom stereocenters. The second-order valence-electron chi connectivity index (χ2n) is 6.18. The summed E-state index contributed by atoms with van der Waals surface area (Å²) in [4.78, 5) is 0. The predicted molar refractivity (Wildman–Crippen MR) is 88.4 cm³/mol. The first kappa shape index (κ1) is 15.9. The average Bonchev–Trinajstić information content (AvgIpc) is 2.49. The molecule has 1 aromatic rings. The largest absolute Gasteiger partial charge is 0.314 e. The van der Waals surface area contributed by atoms with Crippen LogP contribution in [0.25, 0.3) is 0 Å². The summed E-state index contributed by atoms with van der Waals surface area (Å²) in [5.74, 6) is 1.82. The van der Waals surface area contributed by atoms with Gasteiger partial charge in [-0.05, 0) is 55.3 Å². The summed E-state index contributed by atoms with van der Waals surface area (Å²) in [5, 5.41) is 4.55. The van der Waals surface area contributed by atoms with Crippen LogP contribution in [0.1, 0.15) is 51.5 Å². The van der Waals surface area contributed by atoms with E-state index in [0.29, 0.717) is 6.04 Å². The molecule has 0 aliphatic heterocycles. The fourth-order valence-corrected chi connectivity index (χ4v) is 3.67. The van der Waals surface area contributed by atoms with Crippen LogP contribution >= 0.6 is 11.6 Å². The van der Waals surface area contributed by atoms with Crippen LogP contribution in [0.2, 0.25) is 5.02 Å². The van der Waals surface area contributed by atoms with E-state index in [1.807, 2.05) is 12.1 Å². The number of nitrogens with one attached hydrogen (secondary N) is 1. The third-order valence-corrected chi connectivity index (χ3v) is 5.12. The lowest BCUT2D eigenvalue weighted by Gasteiger charge is -2.34. The van der Waals surface area contributed by atoms with Gasteiger partial charge in [0.05, 0.1) is 0 Å². The molecule has 0 amide bonds. The lowest BCUT2D eigenvalue weighted by molar-refractivity contribution is 0.218. The van der Waals surface area contributed by atoms with Gasteiger partial charge in [-0.25, -0.2) is 0 Å². The molecule has 1 atom stereocenters. The van der Waals surface area contributed by atoms with Crippen molar-refractivity contribution in [3.63, 3.8) is 0 Å². The number of likely N-dealkylation sites (N-methyl/N-ethyl adjacent to an activating group) is 1. The van der Waals surface area contributed by atoms with Crippen LogP contribution in [0.4, 0.5) is 0 Å². The van der Waals surface area contributed by atoms with E-state index < -0.39 is 0 Å². The fourth-order valence-electron chi connectivity index (χ4n) is 3.54. The van der Waals surface area contributed by atoms with Crippen LogP contribution in [-0.2, 0) is 6.42 Å². The van der Waals surface area contributed by atoms with E-state index >= 15 is 0 Å². The molecule has 0 bridgehead atoms. The fraction of sp³-hybridized carbons (Fsp3) is 0.667. The highest BCUT2D eigenvalue weighted by Crippen LogP contribution is 2.33. The van der Waals surface area contributed by atoms with Gasteiger partial charge >= 0.3 is 0 Å². The maximum absolute atomic E-state index is 5.97. The first-order chi connectivity index (χ1) is 9.72. The minimum atomic E-state index is 0.624. The Morgan fingerprint density at radius 3 is 2.30 bits per heavy atom. The van der Waals surface area contributed by atoms with Crippen molar-refractivity contribution in [3.05, 3.63) is 34.9 Å². The van der Waals surface area contributed by atoms with Crippen LogP contribution in [-0.4, -0.2) is 12.6 Å². The zero-order valence-electron chi connectivity index (χ0n) is 12.9. The first-order valence-corrected chi connectivity index (χ1v) is 8.58. The summed E-state index contributed by atoms with van der Waals surface area (Å²) in [6, 6.07) is 8.98. The molecule has 1 saturated carbocycles. The van der Waals surface area contributed by atoms with Crippen molar-refractivity contribution in [2.45, 2.75) is 58.4 Å². The van der Waals surface area contributed by atoms with E-state index in [9.17, 15) is 0 Å². The average molecular weight is 294 g/mol. The smallest absolute Gasteiger partial charge is 0.0406 e. The molecule has 0 spiro atoms. The van der Waals surface area contributed by atoms with E-state index in [2.05, 4.69) is 31.3 Å². The number of benzene rings is 1. The molecule has 0 saturated heterocycles. The van der Waals surface area contributed by atoms with Crippen molar-refractivity contribution in [2.75, 3.05) is 6.54 Å². The van der Waals surface area contributed by atoms with Crippen molar-refractivity contribution < 1.29 is 0 Å². The number of rotatable bonds is 6. The van der Waals surface area contributed by atoms with E-state index in [-0.39, 0.29) is 0 Å². The molecule has 0 heterocycles. The third kappa shape index (κ3) is 4.49. The van der Waals surface area contributed by atoms with Crippen molar-refractivity contribution in [3.8, 4) is 0 Å². The highest BCUT2D eigenvalue weighted by atomic mass is 35.5. The van der Waals surface area contributed by atoms with Gasteiger partial charge in [-0.3, -0.25) is 0 Å². The van der Waals surface area contributed by atoms with Gasteiger partial charge in [0, 0.05) is 11.1 Å². The van der Waals surface area contributed by atoms with Crippen molar-refractivity contribution in [1.29, 1.82) is 0 Å². The van der Waals surface area contributed by atoms with Gasteiger partial charge in [0.2, 0.25) is 0 Å². The molecule has 112 valence electrons. The van der Waals surface area contributed by atoms with Gasteiger partial charge in [-0.2, -0.15) is 0 Å². The Kier molecular flexibility index (Phi) is 6.38. The van der Waals surface area contributed by atoms with Crippen molar-refractivity contribution >= 4 is 11.6 Å². The lowest BCUT2D eigenvalue weighted by Crippen LogP contribution is -2.39.